The van der Waals surface area contributed by atoms with Gasteiger partial charge >= 0.3 is 0 Å². The molecule has 0 saturated carbocycles. The highest BCUT2D eigenvalue weighted by Crippen LogP contribution is 2.05. The average molecular weight is 144 g/mol. The van der Waals surface area contributed by atoms with Crippen LogP contribution in [0.25, 0.3) is 0 Å². The van der Waals surface area contributed by atoms with Crippen LogP contribution in [0.15, 0.2) is 0 Å². The monoisotopic (exact) mass is 144 g/mol. The van der Waals surface area contributed by atoms with Crippen LogP contribution in [0.3, 0.4) is 0 Å². The van der Waals surface area contributed by atoms with E-state index in [1.165, 1.54) is 0 Å². The first kappa shape index (κ1) is 9.43. The fourth-order valence-corrected chi connectivity index (χ4v) is 0.737. The minimum absolute atomic E-state index is 0.00606. The van der Waals surface area contributed by atoms with E-state index in [2.05, 4.69) is 0 Å². The Morgan fingerprint density at radius 2 is 2.10 bits per heavy atom. The minimum atomic E-state index is -0.211. The summed E-state index contributed by atoms with van der Waals surface area (Å²) < 4.78 is 0. The van der Waals surface area contributed by atoms with Crippen LogP contribution in [-0.2, 0) is 4.79 Å². The molecular formula is C7H16N2O. The third-order valence-corrected chi connectivity index (χ3v) is 1.58. The first-order valence-corrected chi connectivity index (χ1v) is 3.68. The van der Waals surface area contributed by atoms with Gasteiger partial charge in [0.2, 0.25) is 5.91 Å². The van der Waals surface area contributed by atoms with Crippen molar-refractivity contribution >= 4 is 5.91 Å². The molecule has 0 aromatic heterocycles. The molecule has 0 spiro atoms. The van der Waals surface area contributed by atoms with Gasteiger partial charge in [-0.3, -0.25) is 4.79 Å². The molecule has 4 N–H and O–H groups in total. The number of carbonyl (C=O) groups is 1. The summed E-state index contributed by atoms with van der Waals surface area (Å²) >= 11 is 0. The van der Waals surface area contributed by atoms with Crippen molar-refractivity contribution in [2.45, 2.75) is 26.2 Å². The predicted octanol–water partition coefficient (Wildman–Crippen LogP) is 0.237. The van der Waals surface area contributed by atoms with Crippen molar-refractivity contribution in [1.82, 2.24) is 0 Å². The summed E-state index contributed by atoms with van der Waals surface area (Å²) in [7, 11) is 0. The number of carbonyl (C=O) groups excluding carboxylic acids is 1. The zero-order valence-electron chi connectivity index (χ0n) is 6.47. The van der Waals surface area contributed by atoms with Crippen LogP contribution in [0, 0.1) is 5.92 Å². The Labute approximate surface area is 61.8 Å². The van der Waals surface area contributed by atoms with Crippen LogP contribution in [0.1, 0.15) is 26.2 Å². The largest absolute Gasteiger partial charge is 0.369 e. The third kappa shape index (κ3) is 4.32. The Morgan fingerprint density at radius 3 is 2.50 bits per heavy atom. The van der Waals surface area contributed by atoms with E-state index in [0.717, 1.165) is 19.3 Å². The molecule has 3 heteroatoms. The smallest absolute Gasteiger partial charge is 0.220 e. The molecule has 0 unspecified atom stereocenters. The predicted molar refractivity (Wildman–Crippen MR) is 41.3 cm³/mol. The van der Waals surface area contributed by atoms with E-state index < -0.39 is 0 Å². The van der Waals surface area contributed by atoms with Gasteiger partial charge in [0.1, 0.15) is 0 Å². The lowest BCUT2D eigenvalue weighted by Gasteiger charge is -2.04. The number of hydrogen-bond donors (Lipinski definition) is 2. The van der Waals surface area contributed by atoms with Crippen LogP contribution >= 0.6 is 0 Å². The standard InChI is InChI=1S/C7H16N2O/c1-6(7(9)10)4-2-3-5-8/h6H,2-5,8H2,1H3,(H2,9,10)/t6-/m1/s1. The zero-order chi connectivity index (χ0) is 7.98. The Balaban J connectivity index is 3.21. The number of primary amides is 1. The SMILES string of the molecule is C[C@H](CCCCN)C(N)=O. The van der Waals surface area contributed by atoms with E-state index in [1.54, 1.807) is 0 Å². The molecule has 0 fully saturated rings. The molecule has 1 amide bonds. The highest BCUT2D eigenvalue weighted by atomic mass is 16.1. The maximum atomic E-state index is 10.5. The maximum absolute atomic E-state index is 10.5. The Kier molecular flexibility index (Phi) is 4.94. The van der Waals surface area contributed by atoms with Gasteiger partial charge in [-0.05, 0) is 19.4 Å². The summed E-state index contributed by atoms with van der Waals surface area (Å²) in [6.07, 6.45) is 2.85. The fourth-order valence-electron chi connectivity index (χ4n) is 0.737. The number of nitrogens with two attached hydrogens (primary N) is 2. The molecule has 0 rings (SSSR count). The van der Waals surface area contributed by atoms with Gasteiger partial charge in [0.15, 0.2) is 0 Å². The normalized spacial score (nSPS) is 13.0. The van der Waals surface area contributed by atoms with E-state index >= 15 is 0 Å². The van der Waals surface area contributed by atoms with Gasteiger partial charge in [0.25, 0.3) is 0 Å². The summed E-state index contributed by atoms with van der Waals surface area (Å²) in [6, 6.07) is 0. The Morgan fingerprint density at radius 1 is 1.50 bits per heavy atom. The van der Waals surface area contributed by atoms with Crippen molar-refractivity contribution in [2.75, 3.05) is 6.54 Å². The molecule has 3 nitrogen and oxygen atoms in total. The van der Waals surface area contributed by atoms with Crippen LogP contribution < -0.4 is 11.5 Å². The van der Waals surface area contributed by atoms with Crippen molar-refractivity contribution in [3.63, 3.8) is 0 Å². The summed E-state index contributed by atoms with van der Waals surface area (Å²) in [6.45, 7) is 2.55. The minimum Gasteiger partial charge on any atom is -0.369 e. The molecule has 0 aliphatic rings. The molecule has 10 heavy (non-hydrogen) atoms. The van der Waals surface area contributed by atoms with E-state index in [9.17, 15) is 4.79 Å². The molecule has 0 aliphatic carbocycles. The second-order valence-corrected chi connectivity index (χ2v) is 2.59. The zero-order valence-corrected chi connectivity index (χ0v) is 6.47. The van der Waals surface area contributed by atoms with E-state index in [-0.39, 0.29) is 11.8 Å². The van der Waals surface area contributed by atoms with Gasteiger partial charge < -0.3 is 11.5 Å². The third-order valence-electron chi connectivity index (χ3n) is 1.58. The maximum Gasteiger partial charge on any atom is 0.220 e. The quantitative estimate of drug-likeness (QED) is 0.542. The molecule has 1 atom stereocenters. The van der Waals surface area contributed by atoms with Crippen LogP contribution in [0.5, 0.6) is 0 Å². The average Bonchev–Trinajstić information content (AvgIpc) is 1.88. The van der Waals surface area contributed by atoms with Crippen molar-refractivity contribution in [2.24, 2.45) is 17.4 Å². The van der Waals surface area contributed by atoms with E-state index in [4.69, 9.17) is 11.5 Å². The number of rotatable bonds is 5. The summed E-state index contributed by atoms with van der Waals surface area (Å²) in [5, 5.41) is 0. The van der Waals surface area contributed by atoms with Gasteiger partial charge in [-0.15, -0.1) is 0 Å². The lowest BCUT2D eigenvalue weighted by atomic mass is 10.0. The highest BCUT2D eigenvalue weighted by Gasteiger charge is 2.06. The topological polar surface area (TPSA) is 69.1 Å². The molecule has 0 saturated heterocycles. The molecule has 0 bridgehead atoms. The number of amides is 1. The Hall–Kier alpha value is -0.570. The number of hydrogen-bond acceptors (Lipinski definition) is 2. The summed E-state index contributed by atoms with van der Waals surface area (Å²) in [4.78, 5) is 10.5. The second kappa shape index (κ2) is 5.23. The molecule has 0 radical (unpaired) electrons. The van der Waals surface area contributed by atoms with Crippen molar-refractivity contribution < 1.29 is 4.79 Å². The lowest BCUT2D eigenvalue weighted by molar-refractivity contribution is -0.121. The van der Waals surface area contributed by atoms with Crippen molar-refractivity contribution in [3.8, 4) is 0 Å². The molecule has 0 aromatic rings. The van der Waals surface area contributed by atoms with Crippen LogP contribution in [0.4, 0.5) is 0 Å². The van der Waals surface area contributed by atoms with Crippen LogP contribution in [-0.4, -0.2) is 12.5 Å². The molecule has 0 aliphatic heterocycles. The van der Waals surface area contributed by atoms with Gasteiger partial charge in [0.05, 0.1) is 0 Å². The lowest BCUT2D eigenvalue weighted by Crippen LogP contribution is -2.20. The molecule has 60 valence electrons. The van der Waals surface area contributed by atoms with Crippen LogP contribution in [0.2, 0.25) is 0 Å². The molecule has 0 aromatic carbocycles. The van der Waals surface area contributed by atoms with Crippen molar-refractivity contribution in [3.05, 3.63) is 0 Å². The highest BCUT2D eigenvalue weighted by molar-refractivity contribution is 5.76. The van der Waals surface area contributed by atoms with Gasteiger partial charge in [-0.1, -0.05) is 13.3 Å². The summed E-state index contributed by atoms with van der Waals surface area (Å²) in [5.74, 6) is -0.205. The Bertz CT molecular complexity index is 104. The molecular weight excluding hydrogens is 128 g/mol. The first-order chi connectivity index (χ1) is 4.68. The van der Waals surface area contributed by atoms with Gasteiger partial charge in [0, 0.05) is 5.92 Å². The fraction of sp³-hybridized carbons (Fsp3) is 0.857. The number of unbranched alkanes of at least 4 members (excludes halogenated alkanes) is 1. The van der Waals surface area contributed by atoms with Gasteiger partial charge in [-0.2, -0.15) is 0 Å². The van der Waals surface area contributed by atoms with Gasteiger partial charge in [-0.25, -0.2) is 0 Å². The van der Waals surface area contributed by atoms with E-state index in [1.807, 2.05) is 6.92 Å². The molecule has 0 heterocycles. The van der Waals surface area contributed by atoms with E-state index in [0.29, 0.717) is 6.54 Å². The summed E-state index contributed by atoms with van der Waals surface area (Å²) in [5.41, 5.74) is 10.3. The van der Waals surface area contributed by atoms with Crippen molar-refractivity contribution in [1.29, 1.82) is 0 Å². The first-order valence-electron chi connectivity index (χ1n) is 3.68. The second-order valence-electron chi connectivity index (χ2n) is 2.59.